The first-order valence-electron chi connectivity index (χ1n) is 6.03. The molecular formula is C13H21FN2OS. The Morgan fingerprint density at radius 1 is 1.50 bits per heavy atom. The molecule has 0 saturated carbocycles. The molecule has 1 aromatic carbocycles. The number of nitrogens with two attached hydrogens (primary N) is 1. The molecule has 2 atom stereocenters. The predicted octanol–water partition coefficient (Wildman–Crippen LogP) is 2.87. The number of benzene rings is 1. The van der Waals surface area contributed by atoms with Gasteiger partial charge in [0.25, 0.3) is 0 Å². The largest absolute Gasteiger partial charge is 0.494 e. The van der Waals surface area contributed by atoms with Crippen LogP contribution in [0.2, 0.25) is 0 Å². The number of methoxy groups -OCH3 is 1. The molecule has 0 aliphatic carbocycles. The SMILES string of the molecule is CCC(C)SCC(NN)c1ccc(OC)c(F)c1. The molecule has 0 radical (unpaired) electrons. The lowest BCUT2D eigenvalue weighted by molar-refractivity contribution is 0.385. The van der Waals surface area contributed by atoms with Crippen LogP contribution in [-0.2, 0) is 0 Å². The van der Waals surface area contributed by atoms with E-state index in [0.29, 0.717) is 5.25 Å². The fourth-order valence-electron chi connectivity index (χ4n) is 1.52. The molecule has 0 amide bonds. The Balaban J connectivity index is 2.72. The summed E-state index contributed by atoms with van der Waals surface area (Å²) < 4.78 is 18.5. The van der Waals surface area contributed by atoms with E-state index in [1.165, 1.54) is 13.2 Å². The van der Waals surface area contributed by atoms with Gasteiger partial charge in [-0.2, -0.15) is 11.8 Å². The van der Waals surface area contributed by atoms with Gasteiger partial charge < -0.3 is 4.74 Å². The van der Waals surface area contributed by atoms with Crippen molar-refractivity contribution >= 4 is 11.8 Å². The maximum Gasteiger partial charge on any atom is 0.165 e. The lowest BCUT2D eigenvalue weighted by Crippen LogP contribution is -2.30. The molecular weight excluding hydrogens is 251 g/mol. The van der Waals surface area contributed by atoms with Crippen LogP contribution in [0.3, 0.4) is 0 Å². The summed E-state index contributed by atoms with van der Waals surface area (Å²) in [4.78, 5) is 0. The van der Waals surface area contributed by atoms with Gasteiger partial charge >= 0.3 is 0 Å². The third kappa shape index (κ3) is 4.15. The molecule has 0 saturated heterocycles. The van der Waals surface area contributed by atoms with Crippen LogP contribution >= 0.6 is 11.8 Å². The first kappa shape index (κ1) is 15.3. The summed E-state index contributed by atoms with van der Waals surface area (Å²) in [7, 11) is 1.45. The third-order valence-corrected chi connectivity index (χ3v) is 4.33. The van der Waals surface area contributed by atoms with E-state index in [9.17, 15) is 4.39 Å². The molecule has 2 unspecified atom stereocenters. The number of halogens is 1. The smallest absolute Gasteiger partial charge is 0.165 e. The van der Waals surface area contributed by atoms with Crippen molar-refractivity contribution in [3.05, 3.63) is 29.6 Å². The van der Waals surface area contributed by atoms with E-state index in [1.807, 2.05) is 17.8 Å². The van der Waals surface area contributed by atoms with Crippen molar-refractivity contribution in [2.24, 2.45) is 5.84 Å². The van der Waals surface area contributed by atoms with Crippen molar-refractivity contribution in [3.8, 4) is 5.75 Å². The summed E-state index contributed by atoms with van der Waals surface area (Å²) in [6.07, 6.45) is 1.11. The second-order valence-corrected chi connectivity index (χ2v) is 5.64. The topological polar surface area (TPSA) is 47.3 Å². The third-order valence-electron chi connectivity index (χ3n) is 2.90. The highest BCUT2D eigenvalue weighted by atomic mass is 32.2. The fraction of sp³-hybridized carbons (Fsp3) is 0.538. The fourth-order valence-corrected chi connectivity index (χ4v) is 2.56. The molecule has 3 nitrogen and oxygen atoms in total. The van der Waals surface area contributed by atoms with Crippen molar-refractivity contribution in [2.45, 2.75) is 31.6 Å². The normalized spacial score (nSPS) is 14.3. The Labute approximate surface area is 112 Å². The van der Waals surface area contributed by atoms with E-state index in [2.05, 4.69) is 19.3 Å². The Bertz CT molecular complexity index is 376. The van der Waals surface area contributed by atoms with Gasteiger partial charge in [-0.1, -0.05) is 19.9 Å². The molecule has 1 aromatic rings. The van der Waals surface area contributed by atoms with Crippen LogP contribution < -0.4 is 16.0 Å². The van der Waals surface area contributed by atoms with Gasteiger partial charge in [0, 0.05) is 11.0 Å². The van der Waals surface area contributed by atoms with Crippen LogP contribution in [0.1, 0.15) is 31.9 Å². The highest BCUT2D eigenvalue weighted by Gasteiger charge is 2.14. The first-order valence-corrected chi connectivity index (χ1v) is 7.08. The van der Waals surface area contributed by atoms with Crippen molar-refractivity contribution in [1.29, 1.82) is 0 Å². The second-order valence-electron chi connectivity index (χ2n) is 4.17. The van der Waals surface area contributed by atoms with Gasteiger partial charge in [-0.25, -0.2) is 4.39 Å². The standard InChI is InChI=1S/C13H21FN2OS/c1-4-9(2)18-8-12(16-15)10-5-6-13(17-3)11(14)7-10/h5-7,9,12,16H,4,8,15H2,1-3H3. The minimum atomic E-state index is -0.358. The minimum Gasteiger partial charge on any atom is -0.494 e. The van der Waals surface area contributed by atoms with Crippen LogP contribution in [0.5, 0.6) is 5.75 Å². The maximum absolute atomic E-state index is 13.6. The van der Waals surface area contributed by atoms with Crippen molar-refractivity contribution in [2.75, 3.05) is 12.9 Å². The van der Waals surface area contributed by atoms with Gasteiger partial charge in [-0.15, -0.1) is 0 Å². The van der Waals surface area contributed by atoms with Crippen LogP contribution in [0, 0.1) is 5.82 Å². The Morgan fingerprint density at radius 3 is 2.72 bits per heavy atom. The van der Waals surface area contributed by atoms with Gasteiger partial charge in [0.15, 0.2) is 11.6 Å². The van der Waals surface area contributed by atoms with E-state index in [-0.39, 0.29) is 17.6 Å². The zero-order valence-electron chi connectivity index (χ0n) is 11.1. The molecule has 0 aliphatic heterocycles. The maximum atomic E-state index is 13.6. The van der Waals surface area contributed by atoms with E-state index in [4.69, 9.17) is 10.6 Å². The molecule has 18 heavy (non-hydrogen) atoms. The molecule has 1 rings (SSSR count). The van der Waals surface area contributed by atoms with E-state index >= 15 is 0 Å². The van der Waals surface area contributed by atoms with E-state index in [1.54, 1.807) is 6.07 Å². The Hall–Kier alpha value is -0.780. The summed E-state index contributed by atoms with van der Waals surface area (Å²) in [5.41, 5.74) is 3.57. The van der Waals surface area contributed by atoms with Crippen LogP contribution in [0.15, 0.2) is 18.2 Å². The zero-order valence-corrected chi connectivity index (χ0v) is 11.9. The average molecular weight is 272 g/mol. The van der Waals surface area contributed by atoms with Gasteiger partial charge in [-0.3, -0.25) is 11.3 Å². The van der Waals surface area contributed by atoms with Gasteiger partial charge in [0.1, 0.15) is 0 Å². The van der Waals surface area contributed by atoms with Crippen molar-refractivity contribution in [3.63, 3.8) is 0 Å². The Morgan fingerprint density at radius 2 is 2.22 bits per heavy atom. The van der Waals surface area contributed by atoms with E-state index in [0.717, 1.165) is 17.7 Å². The monoisotopic (exact) mass is 272 g/mol. The molecule has 3 N–H and O–H groups in total. The molecule has 0 spiro atoms. The molecule has 102 valence electrons. The highest BCUT2D eigenvalue weighted by molar-refractivity contribution is 7.99. The van der Waals surface area contributed by atoms with Gasteiger partial charge in [-0.05, 0) is 24.1 Å². The predicted molar refractivity (Wildman–Crippen MR) is 75.2 cm³/mol. The van der Waals surface area contributed by atoms with Crippen LogP contribution in [0.4, 0.5) is 4.39 Å². The number of ether oxygens (including phenoxy) is 1. The molecule has 0 aromatic heterocycles. The average Bonchev–Trinajstić information content (AvgIpc) is 2.39. The molecule has 0 heterocycles. The van der Waals surface area contributed by atoms with Crippen LogP contribution in [0.25, 0.3) is 0 Å². The minimum absolute atomic E-state index is 0.0515. The summed E-state index contributed by atoms with van der Waals surface area (Å²) in [5, 5.41) is 0.573. The van der Waals surface area contributed by atoms with Gasteiger partial charge in [0.05, 0.1) is 13.2 Å². The zero-order chi connectivity index (χ0) is 13.5. The van der Waals surface area contributed by atoms with Crippen LogP contribution in [-0.4, -0.2) is 18.1 Å². The number of hydrogen-bond donors (Lipinski definition) is 2. The molecule has 0 fully saturated rings. The highest BCUT2D eigenvalue weighted by Crippen LogP contribution is 2.25. The quantitative estimate of drug-likeness (QED) is 0.592. The van der Waals surface area contributed by atoms with Crippen molar-refractivity contribution < 1.29 is 9.13 Å². The number of thioether (sulfide) groups is 1. The first-order chi connectivity index (χ1) is 8.62. The molecule has 0 aliphatic rings. The summed E-state index contributed by atoms with van der Waals surface area (Å²) in [6.45, 7) is 4.32. The lowest BCUT2D eigenvalue weighted by atomic mass is 10.1. The van der Waals surface area contributed by atoms with Gasteiger partial charge in [0.2, 0.25) is 0 Å². The summed E-state index contributed by atoms with van der Waals surface area (Å²) >= 11 is 1.82. The second kappa shape index (κ2) is 7.61. The van der Waals surface area contributed by atoms with E-state index < -0.39 is 0 Å². The lowest BCUT2D eigenvalue weighted by Gasteiger charge is -2.18. The molecule has 0 bridgehead atoms. The number of nitrogens with one attached hydrogen (secondary N) is 1. The van der Waals surface area contributed by atoms with Crippen molar-refractivity contribution in [1.82, 2.24) is 5.43 Å². The summed E-state index contributed by atoms with van der Waals surface area (Å²) in [6, 6.07) is 4.89. The number of hydrazine groups is 1. The Kier molecular flexibility index (Phi) is 6.46. The number of hydrogen-bond acceptors (Lipinski definition) is 4. The molecule has 5 heteroatoms. The summed E-state index contributed by atoms with van der Waals surface area (Å²) in [5.74, 6) is 6.25. The number of rotatable bonds is 7.